The van der Waals surface area contributed by atoms with Crippen LogP contribution in [0, 0.1) is 11.8 Å². The maximum atomic E-state index is 11.6. The highest BCUT2D eigenvalue weighted by Gasteiger charge is 2.30. The van der Waals surface area contributed by atoms with Crippen molar-refractivity contribution in [3.63, 3.8) is 0 Å². The Morgan fingerprint density at radius 2 is 1.94 bits per heavy atom. The third kappa shape index (κ3) is 7.18. The number of rotatable bonds is 11. The first-order valence-corrected chi connectivity index (χ1v) is 13.0. The van der Waals surface area contributed by atoms with Crippen LogP contribution in [0.15, 0.2) is 54.7 Å². The number of likely N-dealkylation sites (tertiary alicyclic amines) is 1. The van der Waals surface area contributed by atoms with E-state index in [0.717, 1.165) is 79.8 Å². The van der Waals surface area contributed by atoms with E-state index in [-0.39, 0.29) is 12.3 Å². The van der Waals surface area contributed by atoms with Crippen molar-refractivity contribution in [2.75, 3.05) is 26.7 Å². The Balaban J connectivity index is 1.30. The highest BCUT2D eigenvalue weighted by Crippen LogP contribution is 2.32. The number of hydrogen-bond acceptors (Lipinski definition) is 4. The number of carboxylic acids is 1. The van der Waals surface area contributed by atoms with E-state index in [4.69, 9.17) is 16.3 Å². The zero-order valence-electron chi connectivity index (χ0n) is 20.5. The average molecular weight is 495 g/mol. The average Bonchev–Trinajstić information content (AvgIpc) is 2.86. The van der Waals surface area contributed by atoms with E-state index in [1.54, 1.807) is 7.11 Å². The number of halogens is 1. The normalized spacial score (nSPS) is 18.6. The summed E-state index contributed by atoms with van der Waals surface area (Å²) in [4.78, 5) is 18.5. The molecule has 1 aliphatic heterocycles. The Kier molecular flexibility index (Phi) is 9.00. The smallest absolute Gasteiger partial charge is 0.303 e. The van der Waals surface area contributed by atoms with Gasteiger partial charge in [0.15, 0.2) is 0 Å². The largest absolute Gasteiger partial charge is 0.497 e. The monoisotopic (exact) mass is 494 g/mol. The molecule has 0 amide bonds. The molecule has 0 unspecified atom stereocenters. The van der Waals surface area contributed by atoms with Crippen molar-refractivity contribution in [2.45, 2.75) is 44.9 Å². The Bertz CT molecular complexity index is 1120. The van der Waals surface area contributed by atoms with E-state index < -0.39 is 5.97 Å². The maximum absolute atomic E-state index is 11.6. The van der Waals surface area contributed by atoms with Gasteiger partial charge in [-0.25, -0.2) is 0 Å². The number of aliphatic carboxylic acids is 1. The second-order valence-electron chi connectivity index (χ2n) is 9.68. The highest BCUT2D eigenvalue weighted by atomic mass is 35.5. The molecule has 5 nitrogen and oxygen atoms in total. The summed E-state index contributed by atoms with van der Waals surface area (Å²) in [5.74, 6) is 0.833. The molecule has 2 heterocycles. The Hall–Kier alpha value is -2.63. The molecule has 0 bridgehead atoms. The number of carbonyl (C=O) groups is 1. The first kappa shape index (κ1) is 25.5. The highest BCUT2D eigenvalue weighted by molar-refractivity contribution is 6.30. The fourth-order valence-electron chi connectivity index (χ4n) is 5.43. The van der Waals surface area contributed by atoms with Crippen LogP contribution in [0.1, 0.15) is 43.2 Å². The third-order valence-corrected chi connectivity index (χ3v) is 7.58. The summed E-state index contributed by atoms with van der Waals surface area (Å²) in [5.41, 5.74) is 3.56. The number of hydrogen-bond donors (Lipinski definition) is 1. The summed E-state index contributed by atoms with van der Waals surface area (Å²) in [6.07, 6.45) is 8.37. The van der Waals surface area contributed by atoms with E-state index in [2.05, 4.69) is 34.1 Å². The molecule has 186 valence electrons. The number of ether oxygens (including phenoxy) is 1. The van der Waals surface area contributed by atoms with Crippen LogP contribution in [0.25, 0.3) is 10.9 Å². The van der Waals surface area contributed by atoms with Crippen LogP contribution >= 0.6 is 11.6 Å². The number of nitrogens with zero attached hydrogens (tertiary/aromatic N) is 2. The predicted molar refractivity (Wildman–Crippen MR) is 141 cm³/mol. The second kappa shape index (κ2) is 12.4. The number of carboxylic acid groups (broad SMARTS) is 1. The van der Waals surface area contributed by atoms with Gasteiger partial charge in [0.1, 0.15) is 5.75 Å². The van der Waals surface area contributed by atoms with Crippen molar-refractivity contribution in [3.05, 3.63) is 70.9 Å². The molecular formula is C29H35ClN2O3. The van der Waals surface area contributed by atoms with E-state index in [0.29, 0.717) is 5.92 Å². The van der Waals surface area contributed by atoms with Crippen LogP contribution in [-0.2, 0) is 17.6 Å². The van der Waals surface area contributed by atoms with Gasteiger partial charge in [-0.15, -0.1) is 0 Å². The van der Waals surface area contributed by atoms with Crippen LogP contribution < -0.4 is 4.74 Å². The molecule has 0 saturated carbocycles. The summed E-state index contributed by atoms with van der Waals surface area (Å²) in [6.45, 7) is 2.94. The van der Waals surface area contributed by atoms with Crippen molar-refractivity contribution in [1.82, 2.24) is 9.88 Å². The van der Waals surface area contributed by atoms with E-state index in [9.17, 15) is 9.90 Å². The van der Waals surface area contributed by atoms with Crippen molar-refractivity contribution in [3.8, 4) is 5.75 Å². The zero-order chi connectivity index (χ0) is 24.6. The Labute approximate surface area is 213 Å². The van der Waals surface area contributed by atoms with Gasteiger partial charge in [0.05, 0.1) is 12.6 Å². The molecule has 0 radical (unpaired) electrons. The van der Waals surface area contributed by atoms with Gasteiger partial charge >= 0.3 is 5.97 Å². The molecule has 1 aromatic heterocycles. The number of methoxy groups -OCH3 is 1. The lowest BCUT2D eigenvalue weighted by molar-refractivity contribution is -0.139. The van der Waals surface area contributed by atoms with Crippen molar-refractivity contribution >= 4 is 28.5 Å². The molecular weight excluding hydrogens is 460 g/mol. The topological polar surface area (TPSA) is 62.7 Å². The minimum Gasteiger partial charge on any atom is -0.497 e. The van der Waals surface area contributed by atoms with Gasteiger partial charge in [-0.2, -0.15) is 0 Å². The molecule has 2 atom stereocenters. The molecule has 2 aromatic carbocycles. The fourth-order valence-corrected chi connectivity index (χ4v) is 5.56. The van der Waals surface area contributed by atoms with Gasteiger partial charge in [-0.3, -0.25) is 9.78 Å². The number of benzene rings is 2. The maximum Gasteiger partial charge on any atom is 0.303 e. The third-order valence-electron chi connectivity index (χ3n) is 7.33. The predicted octanol–water partition coefficient (Wildman–Crippen LogP) is 6.27. The number of pyridine rings is 1. The van der Waals surface area contributed by atoms with Gasteiger partial charge in [0.25, 0.3) is 0 Å². The minimum atomic E-state index is -0.685. The lowest BCUT2D eigenvalue weighted by Crippen LogP contribution is -2.41. The summed E-state index contributed by atoms with van der Waals surface area (Å²) < 4.78 is 5.40. The van der Waals surface area contributed by atoms with Gasteiger partial charge in [-0.05, 0) is 111 Å². The lowest BCUT2D eigenvalue weighted by atomic mass is 9.79. The number of piperidine rings is 1. The van der Waals surface area contributed by atoms with Crippen LogP contribution in [0.4, 0.5) is 0 Å². The van der Waals surface area contributed by atoms with Crippen LogP contribution in [0.5, 0.6) is 5.75 Å². The SMILES string of the molecule is COc1ccc2nccc(CCC[C@@H]3CCN(CCCc4ccc(Cl)cc4)C[C@@H]3CC(=O)O)c2c1. The molecule has 35 heavy (non-hydrogen) atoms. The number of aromatic nitrogens is 1. The number of fused-ring (bicyclic) bond motifs is 1. The summed E-state index contributed by atoms with van der Waals surface area (Å²) >= 11 is 5.98. The molecule has 0 spiro atoms. The van der Waals surface area contributed by atoms with Gasteiger partial charge in [0, 0.05) is 29.6 Å². The van der Waals surface area contributed by atoms with Crippen LogP contribution in [0.2, 0.25) is 5.02 Å². The van der Waals surface area contributed by atoms with E-state index >= 15 is 0 Å². The molecule has 1 fully saturated rings. The Morgan fingerprint density at radius 3 is 2.71 bits per heavy atom. The van der Waals surface area contributed by atoms with Gasteiger partial charge in [0.2, 0.25) is 0 Å². The molecule has 3 aromatic rings. The second-order valence-corrected chi connectivity index (χ2v) is 10.1. The Morgan fingerprint density at radius 1 is 1.11 bits per heavy atom. The quantitative estimate of drug-likeness (QED) is 0.340. The zero-order valence-corrected chi connectivity index (χ0v) is 21.2. The molecule has 6 heteroatoms. The fraction of sp³-hybridized carbons (Fsp3) is 0.448. The van der Waals surface area contributed by atoms with Gasteiger partial charge in [-0.1, -0.05) is 23.7 Å². The molecule has 4 rings (SSSR count). The molecule has 1 N–H and O–H groups in total. The molecule has 1 aliphatic rings. The van der Waals surface area contributed by atoms with Crippen molar-refractivity contribution < 1.29 is 14.6 Å². The van der Waals surface area contributed by atoms with Crippen molar-refractivity contribution in [1.29, 1.82) is 0 Å². The standard InChI is InChI=1S/C29H35ClN2O3/c1-35-26-11-12-28-27(19-26)23(13-15-31-28)6-2-5-22-14-17-32(20-24(22)18-29(33)34)16-3-4-21-7-9-25(30)10-8-21/h7-13,15,19,22,24H,2-6,14,16-18,20H2,1H3,(H,33,34)/t22-,24+/m1/s1. The van der Waals surface area contributed by atoms with E-state index in [1.165, 1.54) is 11.1 Å². The first-order chi connectivity index (χ1) is 17.0. The van der Waals surface area contributed by atoms with E-state index in [1.807, 2.05) is 30.5 Å². The number of aryl methyl sites for hydroxylation is 2. The molecule has 1 saturated heterocycles. The first-order valence-electron chi connectivity index (χ1n) is 12.6. The van der Waals surface area contributed by atoms with Crippen LogP contribution in [0.3, 0.4) is 0 Å². The van der Waals surface area contributed by atoms with Crippen LogP contribution in [-0.4, -0.2) is 47.7 Å². The minimum absolute atomic E-state index is 0.214. The summed E-state index contributed by atoms with van der Waals surface area (Å²) in [6, 6.07) is 16.2. The summed E-state index contributed by atoms with van der Waals surface area (Å²) in [7, 11) is 1.68. The van der Waals surface area contributed by atoms with Gasteiger partial charge < -0.3 is 14.7 Å². The molecule has 0 aliphatic carbocycles. The van der Waals surface area contributed by atoms with Crippen molar-refractivity contribution in [2.24, 2.45) is 11.8 Å². The lowest BCUT2D eigenvalue weighted by Gasteiger charge is -2.38. The summed E-state index contributed by atoms with van der Waals surface area (Å²) in [5, 5.41) is 11.5.